The van der Waals surface area contributed by atoms with Crippen LogP contribution in [0, 0.1) is 36.5 Å². The van der Waals surface area contributed by atoms with Gasteiger partial charge in [0.2, 0.25) is 5.71 Å². The van der Waals surface area contributed by atoms with Crippen LogP contribution in [0.2, 0.25) is 0 Å². The monoisotopic (exact) mass is 317 g/mol. The number of carbonyl (C=O) groups excluding carboxylic acids is 1. The molecule has 2 rings (SSSR count). The number of carbonyl (C=O) groups is 1. The number of hydrazone groups is 1. The van der Waals surface area contributed by atoms with Crippen LogP contribution in [-0.4, -0.2) is 11.6 Å². The second kappa shape index (κ2) is 7.57. The van der Waals surface area contributed by atoms with Crippen molar-refractivity contribution >= 4 is 23.0 Å². The molecule has 118 valence electrons. The lowest BCUT2D eigenvalue weighted by Gasteiger charge is -2.08. The summed E-state index contributed by atoms with van der Waals surface area (Å²) < 4.78 is 0. The molecule has 0 aliphatic heterocycles. The van der Waals surface area contributed by atoms with Gasteiger partial charge in [-0.1, -0.05) is 12.1 Å². The maximum atomic E-state index is 12.4. The Balaban J connectivity index is 2.16. The van der Waals surface area contributed by atoms with Crippen molar-refractivity contribution in [3.8, 4) is 12.1 Å². The van der Waals surface area contributed by atoms with Crippen LogP contribution in [0.25, 0.3) is 0 Å². The highest BCUT2D eigenvalue weighted by atomic mass is 16.1. The van der Waals surface area contributed by atoms with Crippen LogP contribution >= 0.6 is 0 Å². The van der Waals surface area contributed by atoms with E-state index in [0.717, 1.165) is 16.8 Å². The van der Waals surface area contributed by atoms with Crippen LogP contribution in [0.5, 0.6) is 0 Å². The highest BCUT2D eigenvalue weighted by Crippen LogP contribution is 2.16. The number of benzene rings is 2. The van der Waals surface area contributed by atoms with E-state index in [4.69, 9.17) is 10.5 Å². The highest BCUT2D eigenvalue weighted by Gasteiger charge is 2.07. The largest absolute Gasteiger partial charge is 0.322 e. The smallest absolute Gasteiger partial charge is 0.255 e. The maximum Gasteiger partial charge on any atom is 0.255 e. The number of hydrogen-bond donors (Lipinski definition) is 2. The summed E-state index contributed by atoms with van der Waals surface area (Å²) in [5, 5.41) is 23.8. The fraction of sp³-hybridized carbons (Fsp3) is 0.111. The summed E-state index contributed by atoms with van der Waals surface area (Å²) >= 11 is 0. The molecule has 0 heterocycles. The van der Waals surface area contributed by atoms with Gasteiger partial charge in [0, 0.05) is 11.3 Å². The first-order chi connectivity index (χ1) is 11.5. The molecule has 6 nitrogen and oxygen atoms in total. The van der Waals surface area contributed by atoms with E-state index >= 15 is 0 Å². The average Bonchev–Trinajstić information content (AvgIpc) is 2.55. The molecule has 1 amide bonds. The quantitative estimate of drug-likeness (QED) is 0.666. The van der Waals surface area contributed by atoms with Crippen molar-refractivity contribution in [1.82, 2.24) is 0 Å². The highest BCUT2D eigenvalue weighted by molar-refractivity contribution is 6.10. The van der Waals surface area contributed by atoms with Gasteiger partial charge >= 0.3 is 0 Å². The van der Waals surface area contributed by atoms with Crippen molar-refractivity contribution in [1.29, 1.82) is 10.5 Å². The Morgan fingerprint density at radius 1 is 1.00 bits per heavy atom. The van der Waals surface area contributed by atoms with E-state index in [-0.39, 0.29) is 11.6 Å². The lowest BCUT2D eigenvalue weighted by atomic mass is 10.1. The molecule has 0 aromatic heterocycles. The molecule has 6 heteroatoms. The standard InChI is InChI=1S/C18H15N5O/c1-12-6-13(2)8-16(7-12)21-18(24)14-4-3-5-15(9-14)22-23-17(10-19)11-20/h3-9,22H,1-2H3,(H,21,24). The fourth-order valence-electron chi connectivity index (χ4n) is 2.18. The van der Waals surface area contributed by atoms with E-state index in [1.165, 1.54) is 0 Å². The number of nitriles is 2. The lowest BCUT2D eigenvalue weighted by Crippen LogP contribution is -2.12. The third-order valence-electron chi connectivity index (χ3n) is 3.11. The number of nitrogens with zero attached hydrogens (tertiary/aromatic N) is 3. The van der Waals surface area contributed by atoms with Crippen molar-refractivity contribution in [3.05, 3.63) is 59.2 Å². The third kappa shape index (κ3) is 4.43. The van der Waals surface area contributed by atoms with Gasteiger partial charge in [-0.2, -0.15) is 15.6 Å². The van der Waals surface area contributed by atoms with Crippen LogP contribution in [-0.2, 0) is 0 Å². The van der Waals surface area contributed by atoms with Gasteiger partial charge < -0.3 is 5.32 Å². The van der Waals surface area contributed by atoms with Crippen molar-refractivity contribution in [2.24, 2.45) is 5.10 Å². The molecular formula is C18H15N5O. The molecule has 2 aromatic rings. The molecule has 0 saturated carbocycles. The summed E-state index contributed by atoms with van der Waals surface area (Å²) in [5.74, 6) is -0.256. The van der Waals surface area contributed by atoms with Crippen molar-refractivity contribution in [2.75, 3.05) is 10.7 Å². The zero-order valence-electron chi connectivity index (χ0n) is 13.3. The molecular weight excluding hydrogens is 302 g/mol. The Labute approximate surface area is 140 Å². The topological polar surface area (TPSA) is 101 Å². The first-order valence-corrected chi connectivity index (χ1v) is 7.15. The second-order valence-electron chi connectivity index (χ2n) is 5.21. The summed E-state index contributed by atoms with van der Waals surface area (Å²) in [7, 11) is 0. The van der Waals surface area contributed by atoms with E-state index < -0.39 is 0 Å². The lowest BCUT2D eigenvalue weighted by molar-refractivity contribution is 0.102. The van der Waals surface area contributed by atoms with E-state index in [2.05, 4.69) is 15.8 Å². The second-order valence-corrected chi connectivity index (χ2v) is 5.21. The zero-order valence-corrected chi connectivity index (χ0v) is 13.3. The van der Waals surface area contributed by atoms with Crippen LogP contribution in [0.1, 0.15) is 21.5 Å². The molecule has 0 radical (unpaired) electrons. The van der Waals surface area contributed by atoms with Crippen molar-refractivity contribution < 1.29 is 4.79 Å². The Hall–Kier alpha value is -3.64. The number of aryl methyl sites for hydroxylation is 2. The van der Waals surface area contributed by atoms with Crippen LogP contribution < -0.4 is 10.7 Å². The SMILES string of the molecule is Cc1cc(C)cc(NC(=O)c2cccc(NN=C(C#N)C#N)c2)c1. The predicted molar refractivity (Wildman–Crippen MR) is 92.6 cm³/mol. The summed E-state index contributed by atoms with van der Waals surface area (Å²) in [5.41, 5.74) is 6.09. The fourth-order valence-corrected chi connectivity index (χ4v) is 2.18. The van der Waals surface area contributed by atoms with Gasteiger partial charge in [-0.15, -0.1) is 0 Å². The number of amides is 1. The Bertz CT molecular complexity index is 851. The molecule has 2 aromatic carbocycles. The summed E-state index contributed by atoms with van der Waals surface area (Å²) in [6.45, 7) is 3.93. The van der Waals surface area contributed by atoms with Crippen LogP contribution in [0.4, 0.5) is 11.4 Å². The van der Waals surface area contributed by atoms with E-state index in [0.29, 0.717) is 11.3 Å². The average molecular weight is 317 g/mol. The summed E-state index contributed by atoms with van der Waals surface area (Å²) in [4.78, 5) is 12.4. The molecule has 2 N–H and O–H groups in total. The molecule has 0 aliphatic rings. The molecule has 0 aliphatic carbocycles. The number of rotatable bonds is 4. The minimum atomic E-state index is -0.292. The molecule has 0 bridgehead atoms. The van der Waals surface area contributed by atoms with E-state index in [1.807, 2.05) is 32.0 Å². The summed E-state index contributed by atoms with van der Waals surface area (Å²) in [6, 6.07) is 15.7. The number of anilines is 2. The molecule has 0 unspecified atom stereocenters. The molecule has 24 heavy (non-hydrogen) atoms. The van der Waals surface area contributed by atoms with Gasteiger partial charge in [0.25, 0.3) is 5.91 Å². The van der Waals surface area contributed by atoms with Gasteiger partial charge in [0.1, 0.15) is 12.1 Å². The predicted octanol–water partition coefficient (Wildman–Crippen LogP) is 3.37. The van der Waals surface area contributed by atoms with Crippen LogP contribution in [0.3, 0.4) is 0 Å². The Morgan fingerprint density at radius 3 is 2.29 bits per heavy atom. The normalized spacial score (nSPS) is 9.33. The maximum absolute atomic E-state index is 12.4. The van der Waals surface area contributed by atoms with E-state index in [1.54, 1.807) is 36.4 Å². The molecule has 0 atom stereocenters. The third-order valence-corrected chi connectivity index (χ3v) is 3.11. The van der Waals surface area contributed by atoms with Gasteiger partial charge in [0.05, 0.1) is 5.69 Å². The number of nitrogens with one attached hydrogen (secondary N) is 2. The Kier molecular flexibility index (Phi) is 5.28. The van der Waals surface area contributed by atoms with Gasteiger partial charge in [0.15, 0.2) is 0 Å². The van der Waals surface area contributed by atoms with Gasteiger partial charge in [-0.05, 0) is 55.3 Å². The van der Waals surface area contributed by atoms with Crippen LogP contribution in [0.15, 0.2) is 47.6 Å². The minimum absolute atomic E-state index is 0.256. The van der Waals surface area contributed by atoms with Gasteiger partial charge in [-0.3, -0.25) is 10.2 Å². The first kappa shape index (κ1) is 16.7. The molecule has 0 fully saturated rings. The van der Waals surface area contributed by atoms with Crippen molar-refractivity contribution in [3.63, 3.8) is 0 Å². The van der Waals surface area contributed by atoms with Gasteiger partial charge in [-0.25, -0.2) is 0 Å². The van der Waals surface area contributed by atoms with Crippen molar-refractivity contribution in [2.45, 2.75) is 13.8 Å². The Morgan fingerprint density at radius 2 is 1.67 bits per heavy atom. The van der Waals surface area contributed by atoms with E-state index in [9.17, 15) is 4.79 Å². The minimum Gasteiger partial charge on any atom is -0.322 e. The zero-order chi connectivity index (χ0) is 17.5. The summed E-state index contributed by atoms with van der Waals surface area (Å²) in [6.07, 6.45) is 0. The molecule has 0 saturated heterocycles. The molecule has 0 spiro atoms. The number of hydrogen-bond acceptors (Lipinski definition) is 5. The first-order valence-electron chi connectivity index (χ1n) is 7.15.